The van der Waals surface area contributed by atoms with Gasteiger partial charge in [-0.2, -0.15) is 0 Å². The highest BCUT2D eigenvalue weighted by Crippen LogP contribution is 2.28. The molecule has 2 nitrogen and oxygen atoms in total. The maximum Gasteiger partial charge on any atom is 0.103 e. The topological polar surface area (TPSA) is 32.3 Å². The lowest BCUT2D eigenvalue weighted by molar-refractivity contribution is 0.0478. The van der Waals surface area contributed by atoms with Crippen LogP contribution in [-0.2, 0) is 0 Å². The van der Waals surface area contributed by atoms with Crippen LogP contribution in [0.15, 0.2) is 60.9 Å². The van der Waals surface area contributed by atoms with Crippen LogP contribution in [-0.4, -0.2) is 17.3 Å². The van der Waals surface area contributed by atoms with Gasteiger partial charge in [0.25, 0.3) is 0 Å². The molecule has 0 bridgehead atoms. The van der Waals surface area contributed by atoms with Gasteiger partial charge >= 0.3 is 0 Å². The normalized spacial score (nSPS) is 12.5. The van der Waals surface area contributed by atoms with Crippen molar-refractivity contribution >= 4 is 0 Å². The molecule has 0 atom stereocenters. The predicted octanol–water partition coefficient (Wildman–Crippen LogP) is 14.0. The summed E-state index contributed by atoms with van der Waals surface area (Å²) in [7, 11) is 0. The number of rotatable bonds is 35. The first-order valence-electron chi connectivity index (χ1n) is 19.9. The smallest absolute Gasteiger partial charge is 0.103 e. The molecule has 0 spiro atoms. The van der Waals surface area contributed by atoms with Crippen LogP contribution in [0.3, 0.4) is 0 Å². The van der Waals surface area contributed by atoms with Gasteiger partial charge in [-0.15, -0.1) is 0 Å². The van der Waals surface area contributed by atoms with Crippen LogP contribution in [0.25, 0.3) is 0 Å². The van der Waals surface area contributed by atoms with E-state index in [0.29, 0.717) is 0 Å². The lowest BCUT2D eigenvalue weighted by Crippen LogP contribution is -2.38. The molecule has 0 aromatic carbocycles. The van der Waals surface area contributed by atoms with Gasteiger partial charge in [-0.25, -0.2) is 0 Å². The SMILES string of the molecule is C=C(NCCCC)C(O)(CCCCCCCC/C=C\C/C=C\CCCCC)CCCCCCCC/C=C\C/C=C\CCCCC. The van der Waals surface area contributed by atoms with E-state index in [1.54, 1.807) is 0 Å². The third kappa shape index (κ3) is 30.9. The molecule has 0 rings (SSSR count). The zero-order valence-electron chi connectivity index (χ0n) is 30.8. The fourth-order valence-corrected chi connectivity index (χ4v) is 5.82. The number of hydrogen-bond donors (Lipinski definition) is 2. The minimum absolute atomic E-state index is 0.752. The van der Waals surface area contributed by atoms with E-state index >= 15 is 0 Å². The van der Waals surface area contributed by atoms with E-state index < -0.39 is 5.60 Å². The first kappa shape index (κ1) is 43.5. The molecule has 0 fully saturated rings. The van der Waals surface area contributed by atoms with Crippen LogP contribution in [0.4, 0.5) is 0 Å². The molecule has 45 heavy (non-hydrogen) atoms. The van der Waals surface area contributed by atoms with Crippen molar-refractivity contribution in [2.75, 3.05) is 6.54 Å². The zero-order valence-corrected chi connectivity index (χ0v) is 30.8. The summed E-state index contributed by atoms with van der Waals surface area (Å²) >= 11 is 0. The largest absolute Gasteiger partial charge is 0.386 e. The van der Waals surface area contributed by atoms with E-state index in [0.717, 1.165) is 63.6 Å². The summed E-state index contributed by atoms with van der Waals surface area (Å²) in [4.78, 5) is 0. The molecule has 0 heterocycles. The van der Waals surface area contributed by atoms with E-state index in [-0.39, 0.29) is 0 Å². The number of allylic oxidation sites excluding steroid dienone is 8. The van der Waals surface area contributed by atoms with Crippen molar-refractivity contribution in [3.05, 3.63) is 60.9 Å². The fraction of sp³-hybridized carbons (Fsp3) is 0.767. The summed E-state index contributed by atoms with van der Waals surface area (Å²) in [5, 5.41) is 15.1. The summed E-state index contributed by atoms with van der Waals surface area (Å²) in [5.74, 6) is 0. The average molecular weight is 626 g/mol. The van der Waals surface area contributed by atoms with Crippen molar-refractivity contribution in [3.63, 3.8) is 0 Å². The van der Waals surface area contributed by atoms with Crippen molar-refractivity contribution in [2.45, 2.75) is 206 Å². The molecule has 0 aromatic heterocycles. The predicted molar refractivity (Wildman–Crippen MR) is 205 cm³/mol. The standard InChI is InChI=1S/C43H79NO/c1-5-8-11-13-15-17-19-21-23-25-27-29-31-33-35-37-39-43(45,42(4)44-41-10-7-3)40-38-36-34-32-30-28-26-24-22-20-18-16-14-12-9-6-2/h15-18,21-24,44-45H,4-14,19-20,25-41H2,1-3H3/b17-15-,18-16-,23-21-,24-22-. The van der Waals surface area contributed by atoms with Gasteiger partial charge in [-0.05, 0) is 83.5 Å². The molecule has 0 aliphatic rings. The quantitative estimate of drug-likeness (QED) is 0.0542. The molecule has 0 saturated heterocycles. The summed E-state index contributed by atoms with van der Waals surface area (Å²) in [6.07, 6.45) is 52.8. The van der Waals surface area contributed by atoms with Crippen LogP contribution in [0, 0.1) is 0 Å². The monoisotopic (exact) mass is 626 g/mol. The van der Waals surface area contributed by atoms with Gasteiger partial charge in [-0.3, -0.25) is 0 Å². The first-order chi connectivity index (χ1) is 22.1. The minimum atomic E-state index is -0.752. The van der Waals surface area contributed by atoms with E-state index in [2.05, 4.69) is 81.3 Å². The second-order valence-electron chi connectivity index (χ2n) is 13.5. The number of aliphatic hydroxyl groups is 1. The summed E-state index contributed by atoms with van der Waals surface area (Å²) in [5.41, 5.74) is 0.110. The Hall–Kier alpha value is -1.54. The van der Waals surface area contributed by atoms with Crippen LogP contribution < -0.4 is 5.32 Å². The average Bonchev–Trinajstić information content (AvgIpc) is 3.04. The molecule has 0 radical (unpaired) electrons. The Morgan fingerprint density at radius 3 is 1.18 bits per heavy atom. The minimum Gasteiger partial charge on any atom is -0.386 e. The Balaban J connectivity index is 4.05. The second kappa shape index (κ2) is 35.3. The molecule has 0 aliphatic carbocycles. The fourth-order valence-electron chi connectivity index (χ4n) is 5.82. The van der Waals surface area contributed by atoms with Crippen LogP contribution in [0.5, 0.6) is 0 Å². The Morgan fingerprint density at radius 1 is 0.467 bits per heavy atom. The highest BCUT2D eigenvalue weighted by atomic mass is 16.3. The molecule has 0 aromatic rings. The molecule has 0 amide bonds. The Kier molecular flexibility index (Phi) is 34.1. The Labute approximate surface area is 283 Å². The number of unbranched alkanes of at least 4 members (excludes halogenated alkanes) is 19. The molecule has 2 heteroatoms. The van der Waals surface area contributed by atoms with Gasteiger partial charge < -0.3 is 10.4 Å². The van der Waals surface area contributed by atoms with E-state index in [1.807, 2.05) is 0 Å². The van der Waals surface area contributed by atoms with Crippen molar-refractivity contribution < 1.29 is 5.11 Å². The van der Waals surface area contributed by atoms with Gasteiger partial charge in [-0.1, -0.05) is 172 Å². The molecule has 2 N–H and O–H groups in total. The van der Waals surface area contributed by atoms with E-state index in [4.69, 9.17) is 0 Å². The maximum atomic E-state index is 11.6. The van der Waals surface area contributed by atoms with Crippen LogP contribution in [0.2, 0.25) is 0 Å². The van der Waals surface area contributed by atoms with E-state index in [1.165, 1.54) is 128 Å². The lowest BCUT2D eigenvalue weighted by Gasteiger charge is -2.31. The highest BCUT2D eigenvalue weighted by Gasteiger charge is 2.29. The van der Waals surface area contributed by atoms with Gasteiger partial charge in [0.05, 0.1) is 0 Å². The summed E-state index contributed by atoms with van der Waals surface area (Å²) < 4.78 is 0. The number of hydrogen-bond acceptors (Lipinski definition) is 2. The third-order valence-electron chi connectivity index (χ3n) is 9.01. The van der Waals surface area contributed by atoms with Crippen LogP contribution in [0.1, 0.15) is 201 Å². The molecular weight excluding hydrogens is 546 g/mol. The van der Waals surface area contributed by atoms with Crippen molar-refractivity contribution in [1.82, 2.24) is 5.32 Å². The molecular formula is C43H79NO. The maximum absolute atomic E-state index is 11.6. The first-order valence-corrected chi connectivity index (χ1v) is 19.9. The zero-order chi connectivity index (χ0) is 32.9. The number of nitrogens with one attached hydrogen (secondary N) is 1. The van der Waals surface area contributed by atoms with Gasteiger partial charge in [0, 0.05) is 12.2 Å². The van der Waals surface area contributed by atoms with Crippen molar-refractivity contribution in [3.8, 4) is 0 Å². The summed E-state index contributed by atoms with van der Waals surface area (Å²) in [6, 6.07) is 0. The molecule has 0 aliphatic heterocycles. The molecule has 262 valence electrons. The van der Waals surface area contributed by atoms with E-state index in [9.17, 15) is 5.11 Å². The molecule has 0 unspecified atom stereocenters. The Bertz CT molecular complexity index is 682. The van der Waals surface area contributed by atoms with Gasteiger partial charge in [0.1, 0.15) is 5.60 Å². The van der Waals surface area contributed by atoms with Gasteiger partial charge in [0.15, 0.2) is 0 Å². The second-order valence-corrected chi connectivity index (χ2v) is 13.5. The summed E-state index contributed by atoms with van der Waals surface area (Å²) in [6.45, 7) is 12.0. The highest BCUT2D eigenvalue weighted by molar-refractivity contribution is 5.10. The Morgan fingerprint density at radius 2 is 0.800 bits per heavy atom. The van der Waals surface area contributed by atoms with Crippen molar-refractivity contribution in [1.29, 1.82) is 0 Å². The molecule has 0 saturated carbocycles. The van der Waals surface area contributed by atoms with Crippen LogP contribution >= 0.6 is 0 Å². The third-order valence-corrected chi connectivity index (χ3v) is 9.01. The lowest BCUT2D eigenvalue weighted by atomic mass is 9.87. The van der Waals surface area contributed by atoms with Gasteiger partial charge in [0.2, 0.25) is 0 Å². The van der Waals surface area contributed by atoms with Crippen molar-refractivity contribution in [2.24, 2.45) is 0 Å².